The lowest BCUT2D eigenvalue weighted by molar-refractivity contribution is -0.149. The van der Waals surface area contributed by atoms with Crippen LogP contribution < -0.4 is 16.0 Å². The first kappa shape index (κ1) is 30.4. The summed E-state index contributed by atoms with van der Waals surface area (Å²) >= 11 is 3.37. The van der Waals surface area contributed by atoms with E-state index >= 15 is 0 Å². The zero-order valence-electron chi connectivity index (χ0n) is 22.8. The number of esters is 1. The fourth-order valence-electron chi connectivity index (χ4n) is 4.64. The van der Waals surface area contributed by atoms with Crippen LogP contribution in [-0.2, 0) is 30.6 Å². The third kappa shape index (κ3) is 6.69. The number of benzene rings is 3. The van der Waals surface area contributed by atoms with E-state index in [1.54, 1.807) is 67.6 Å². The van der Waals surface area contributed by atoms with Crippen molar-refractivity contribution < 1.29 is 27.5 Å². The third-order valence-electron chi connectivity index (χ3n) is 6.88. The summed E-state index contributed by atoms with van der Waals surface area (Å²) in [7, 11) is -4.50. The van der Waals surface area contributed by atoms with E-state index in [0.29, 0.717) is 34.3 Å². The molecule has 216 valence electrons. The van der Waals surface area contributed by atoms with Crippen molar-refractivity contribution in [3.63, 3.8) is 0 Å². The summed E-state index contributed by atoms with van der Waals surface area (Å²) in [6.07, 6.45) is 0.877. The summed E-state index contributed by atoms with van der Waals surface area (Å²) in [6, 6.07) is 18.9. The van der Waals surface area contributed by atoms with Gasteiger partial charge in [-0.15, -0.1) is 0 Å². The van der Waals surface area contributed by atoms with Crippen molar-refractivity contribution in [3.05, 3.63) is 94.0 Å². The van der Waals surface area contributed by atoms with Crippen molar-refractivity contribution in [2.24, 2.45) is 0 Å². The van der Waals surface area contributed by atoms with Gasteiger partial charge in [0.15, 0.2) is 0 Å². The minimum absolute atomic E-state index is 0.0818. The van der Waals surface area contributed by atoms with Crippen LogP contribution in [-0.4, -0.2) is 50.3 Å². The summed E-state index contributed by atoms with van der Waals surface area (Å²) in [4.78, 5) is 37.1. The molecule has 4 rings (SSSR count). The largest absolute Gasteiger partial charge is 0.463 e. The molecule has 41 heavy (non-hydrogen) atoms. The summed E-state index contributed by atoms with van der Waals surface area (Å²) < 4.78 is 34.4. The molecule has 9 nitrogen and oxygen atoms in total. The molecule has 0 bridgehead atoms. The Morgan fingerprint density at radius 2 is 1.71 bits per heavy atom. The van der Waals surface area contributed by atoms with Crippen LogP contribution in [0.25, 0.3) is 0 Å². The Labute approximate surface area is 248 Å². The molecule has 3 aromatic rings. The lowest BCUT2D eigenvalue weighted by Gasteiger charge is -2.33. The standard InChI is InChI=1S/C30H32BrN3O6S/c1-3-40-29(37)30(34-28(36)26-9-6-18-32-26,41(38,39)23-16-10-20(2)11-17-23)19-21-12-14-22(15-13-21)33-27(35)24-7-4-5-8-25(24)31/h4-5,7-8,10-17,26,32H,3,6,9,18-19H2,1-2H3,(H,33,35)(H,34,36)/t26-,30+/m0/s1. The summed E-state index contributed by atoms with van der Waals surface area (Å²) in [5.41, 5.74) is 2.19. The minimum Gasteiger partial charge on any atom is -0.463 e. The molecule has 1 aliphatic rings. The van der Waals surface area contributed by atoms with Crippen molar-refractivity contribution in [2.45, 2.75) is 48.9 Å². The van der Waals surface area contributed by atoms with Crippen molar-refractivity contribution >= 4 is 49.2 Å². The van der Waals surface area contributed by atoms with Gasteiger partial charge in [-0.05, 0) is 91.1 Å². The zero-order valence-corrected chi connectivity index (χ0v) is 25.2. The topological polar surface area (TPSA) is 131 Å². The average Bonchev–Trinajstić information content (AvgIpc) is 3.49. The molecule has 0 aliphatic carbocycles. The van der Waals surface area contributed by atoms with E-state index < -0.39 is 32.6 Å². The number of anilines is 1. The van der Waals surface area contributed by atoms with E-state index in [4.69, 9.17) is 4.74 Å². The molecule has 0 radical (unpaired) electrons. The second-order valence-electron chi connectivity index (χ2n) is 9.81. The van der Waals surface area contributed by atoms with Crippen LogP contribution in [0.2, 0.25) is 0 Å². The van der Waals surface area contributed by atoms with E-state index in [0.717, 1.165) is 12.0 Å². The van der Waals surface area contributed by atoms with Crippen molar-refractivity contribution in [1.82, 2.24) is 10.6 Å². The molecule has 1 saturated heterocycles. The lowest BCUT2D eigenvalue weighted by Crippen LogP contribution is -2.64. The Morgan fingerprint density at radius 1 is 1.02 bits per heavy atom. The predicted octanol–water partition coefficient (Wildman–Crippen LogP) is 4.15. The molecule has 3 aromatic carbocycles. The zero-order chi connectivity index (χ0) is 29.6. The lowest BCUT2D eigenvalue weighted by atomic mass is 10.0. The number of carbonyl (C=O) groups is 3. The number of hydrogen-bond donors (Lipinski definition) is 3. The van der Waals surface area contributed by atoms with Gasteiger partial charge in [0.2, 0.25) is 20.6 Å². The van der Waals surface area contributed by atoms with Gasteiger partial charge in [0.05, 0.1) is 23.1 Å². The van der Waals surface area contributed by atoms with E-state index in [1.165, 1.54) is 12.1 Å². The van der Waals surface area contributed by atoms with Crippen LogP contribution in [0, 0.1) is 6.92 Å². The molecule has 1 fully saturated rings. The van der Waals surface area contributed by atoms with Gasteiger partial charge in [-0.25, -0.2) is 13.2 Å². The molecule has 0 aromatic heterocycles. The van der Waals surface area contributed by atoms with Crippen molar-refractivity contribution in [2.75, 3.05) is 18.5 Å². The molecular weight excluding hydrogens is 610 g/mol. The Balaban J connectivity index is 1.71. The molecule has 0 spiro atoms. The summed E-state index contributed by atoms with van der Waals surface area (Å²) in [5, 5.41) is 8.45. The molecule has 3 N–H and O–H groups in total. The SMILES string of the molecule is CCOC(=O)[C@](Cc1ccc(NC(=O)c2ccccc2Br)cc1)(NC(=O)[C@@H]1CCCN1)S(=O)(=O)c1ccc(C)cc1. The second-order valence-corrected chi connectivity index (χ2v) is 12.8. The molecule has 11 heteroatoms. The van der Waals surface area contributed by atoms with Crippen molar-refractivity contribution in [3.8, 4) is 0 Å². The number of amides is 2. The maximum atomic E-state index is 14.2. The highest BCUT2D eigenvalue weighted by Gasteiger charge is 2.55. The molecule has 2 atom stereocenters. The van der Waals surface area contributed by atoms with Gasteiger partial charge in [-0.1, -0.05) is 42.0 Å². The monoisotopic (exact) mass is 641 g/mol. The van der Waals surface area contributed by atoms with E-state index in [9.17, 15) is 22.8 Å². The number of ether oxygens (including phenoxy) is 1. The normalized spacial score (nSPS) is 16.4. The van der Waals surface area contributed by atoms with Gasteiger partial charge < -0.3 is 20.7 Å². The Bertz CT molecular complexity index is 1520. The van der Waals surface area contributed by atoms with E-state index in [2.05, 4.69) is 31.9 Å². The predicted molar refractivity (Wildman–Crippen MR) is 159 cm³/mol. The number of carbonyl (C=O) groups excluding carboxylic acids is 3. The fraction of sp³-hybridized carbons (Fsp3) is 0.300. The number of hydrogen-bond acceptors (Lipinski definition) is 7. The number of sulfone groups is 1. The molecule has 0 unspecified atom stereocenters. The first-order valence-electron chi connectivity index (χ1n) is 13.3. The van der Waals surface area contributed by atoms with Gasteiger partial charge in [0, 0.05) is 16.6 Å². The number of halogens is 1. The molecule has 1 aliphatic heterocycles. The molecule has 1 heterocycles. The molecular formula is C30H32BrN3O6S. The summed E-state index contributed by atoms with van der Waals surface area (Å²) in [5.74, 6) is -1.99. The highest BCUT2D eigenvalue weighted by atomic mass is 79.9. The number of aryl methyl sites for hydroxylation is 1. The van der Waals surface area contributed by atoms with Crippen LogP contribution in [0.4, 0.5) is 5.69 Å². The fourth-order valence-corrected chi connectivity index (χ4v) is 6.87. The third-order valence-corrected chi connectivity index (χ3v) is 9.80. The maximum Gasteiger partial charge on any atom is 0.348 e. The minimum atomic E-state index is -4.50. The average molecular weight is 643 g/mol. The highest BCUT2D eigenvalue weighted by Crippen LogP contribution is 2.31. The Morgan fingerprint density at radius 3 is 2.32 bits per heavy atom. The first-order chi connectivity index (χ1) is 19.6. The van der Waals surface area contributed by atoms with E-state index in [-0.39, 0.29) is 23.8 Å². The van der Waals surface area contributed by atoms with Gasteiger partial charge in [-0.3, -0.25) is 9.59 Å². The van der Waals surface area contributed by atoms with Gasteiger partial charge >= 0.3 is 5.97 Å². The van der Waals surface area contributed by atoms with Crippen LogP contribution in [0.1, 0.15) is 41.3 Å². The van der Waals surface area contributed by atoms with Crippen LogP contribution in [0.15, 0.2) is 82.2 Å². The summed E-state index contributed by atoms with van der Waals surface area (Å²) in [6.45, 7) is 3.92. The van der Waals surface area contributed by atoms with Crippen LogP contribution in [0.5, 0.6) is 0 Å². The molecule has 0 saturated carbocycles. The Kier molecular flexibility index (Phi) is 9.62. The maximum absolute atomic E-state index is 14.2. The van der Waals surface area contributed by atoms with E-state index in [1.807, 2.05) is 6.92 Å². The number of rotatable bonds is 10. The smallest absolute Gasteiger partial charge is 0.348 e. The van der Waals surface area contributed by atoms with Gasteiger partial charge in [0.1, 0.15) is 0 Å². The van der Waals surface area contributed by atoms with Crippen LogP contribution in [0.3, 0.4) is 0 Å². The number of nitrogens with one attached hydrogen (secondary N) is 3. The van der Waals surface area contributed by atoms with Crippen LogP contribution >= 0.6 is 15.9 Å². The highest BCUT2D eigenvalue weighted by molar-refractivity contribution is 9.10. The Hall–Kier alpha value is -3.54. The van der Waals surface area contributed by atoms with Crippen molar-refractivity contribution in [1.29, 1.82) is 0 Å². The molecule has 2 amide bonds. The second kappa shape index (κ2) is 13.0. The quantitative estimate of drug-likeness (QED) is 0.283. The van der Waals surface area contributed by atoms with Gasteiger partial charge in [-0.2, -0.15) is 0 Å². The van der Waals surface area contributed by atoms with Gasteiger partial charge in [0.25, 0.3) is 5.91 Å². The first-order valence-corrected chi connectivity index (χ1v) is 15.5.